The molecule has 242 valence electrons. The third-order valence-electron chi connectivity index (χ3n) is 8.39. The molecule has 6 aromatic carbocycles. The number of nitrogens with two attached hydrogens (primary N) is 1. The highest BCUT2D eigenvalue weighted by molar-refractivity contribution is 9.10. The minimum atomic E-state index is 0.230. The number of para-hydroxylation sites is 1. The van der Waals surface area contributed by atoms with Crippen molar-refractivity contribution in [1.82, 2.24) is 0 Å². The van der Waals surface area contributed by atoms with Crippen molar-refractivity contribution in [2.24, 2.45) is 5.73 Å². The summed E-state index contributed by atoms with van der Waals surface area (Å²) in [7, 11) is 0. The standard InChI is InChI=1S/C22H21N.C13H11N.C9H12BrN/c1-17-16-20-14-8-9-15-21(20)23(17)22(18-10-4-2-5-11-18)19-12-6-3-7-13-19;14-13(11-7-3-1-4-8-11)12-9-5-2-6-10-12;1-7(11)6-8-4-2-3-5-9(8)10/h2-15,17,22H,16H2,1H3;1-10,14H;2-5,7H,6,11H2,1H3. The summed E-state index contributed by atoms with van der Waals surface area (Å²) in [5.41, 5.74) is 15.0. The molecule has 0 aliphatic carbocycles. The maximum atomic E-state index is 7.97. The molecule has 6 aromatic rings. The van der Waals surface area contributed by atoms with E-state index in [-0.39, 0.29) is 12.1 Å². The summed E-state index contributed by atoms with van der Waals surface area (Å²) >= 11 is 3.47. The number of nitrogens with zero attached hydrogens (tertiary/aromatic N) is 1. The number of hydrogen-bond acceptors (Lipinski definition) is 3. The molecule has 0 bridgehead atoms. The third-order valence-corrected chi connectivity index (χ3v) is 9.17. The van der Waals surface area contributed by atoms with E-state index in [2.05, 4.69) is 119 Å². The van der Waals surface area contributed by atoms with Crippen molar-refractivity contribution in [2.75, 3.05) is 4.90 Å². The molecular weight excluding hydrogens is 650 g/mol. The highest BCUT2D eigenvalue weighted by Gasteiger charge is 2.33. The SMILES string of the molecule is CC(N)Cc1ccccc1Br.CC1Cc2ccccc2N1C(c1ccccc1)c1ccccc1.N=C(c1ccccc1)c1ccccc1. The average Bonchev–Trinajstić information content (AvgIpc) is 3.46. The highest BCUT2D eigenvalue weighted by atomic mass is 79.9. The van der Waals surface area contributed by atoms with Gasteiger partial charge < -0.3 is 10.6 Å². The molecule has 0 radical (unpaired) electrons. The van der Waals surface area contributed by atoms with Gasteiger partial charge in [0.15, 0.2) is 0 Å². The van der Waals surface area contributed by atoms with Crippen LogP contribution < -0.4 is 10.6 Å². The predicted octanol–water partition coefficient (Wildman–Crippen LogP) is 10.7. The van der Waals surface area contributed by atoms with Crippen molar-refractivity contribution in [2.45, 2.75) is 44.8 Å². The Morgan fingerprint density at radius 2 is 1.10 bits per heavy atom. The number of fused-ring (bicyclic) bond motifs is 1. The first-order valence-corrected chi connectivity index (χ1v) is 17.4. The largest absolute Gasteiger partial charge is 0.357 e. The minimum absolute atomic E-state index is 0.230. The van der Waals surface area contributed by atoms with Gasteiger partial charge in [-0.1, -0.05) is 174 Å². The minimum Gasteiger partial charge on any atom is -0.357 e. The molecule has 3 nitrogen and oxygen atoms in total. The molecule has 4 heteroatoms. The Balaban J connectivity index is 0.000000154. The van der Waals surface area contributed by atoms with Crippen LogP contribution in [-0.2, 0) is 12.8 Å². The molecule has 7 rings (SSSR count). The van der Waals surface area contributed by atoms with Gasteiger partial charge in [-0.3, -0.25) is 5.41 Å². The maximum absolute atomic E-state index is 7.97. The van der Waals surface area contributed by atoms with Crippen molar-refractivity contribution < 1.29 is 0 Å². The van der Waals surface area contributed by atoms with Crippen LogP contribution in [0.2, 0.25) is 0 Å². The van der Waals surface area contributed by atoms with Gasteiger partial charge in [0.05, 0.1) is 11.8 Å². The Kier molecular flexibility index (Phi) is 12.5. The molecular formula is C44H44BrN3. The van der Waals surface area contributed by atoms with Crippen LogP contribution in [0.25, 0.3) is 0 Å². The Morgan fingerprint density at radius 1 is 0.667 bits per heavy atom. The van der Waals surface area contributed by atoms with E-state index in [0.29, 0.717) is 11.8 Å². The van der Waals surface area contributed by atoms with Crippen LogP contribution in [-0.4, -0.2) is 17.8 Å². The number of rotatable bonds is 7. The van der Waals surface area contributed by atoms with Crippen LogP contribution in [0.5, 0.6) is 0 Å². The van der Waals surface area contributed by atoms with Crippen LogP contribution in [0.15, 0.2) is 174 Å². The van der Waals surface area contributed by atoms with E-state index >= 15 is 0 Å². The first-order chi connectivity index (χ1) is 23.4. The topological polar surface area (TPSA) is 53.1 Å². The van der Waals surface area contributed by atoms with Crippen LogP contribution in [0.3, 0.4) is 0 Å². The van der Waals surface area contributed by atoms with E-state index < -0.39 is 0 Å². The molecule has 0 amide bonds. The van der Waals surface area contributed by atoms with E-state index in [9.17, 15) is 0 Å². The van der Waals surface area contributed by atoms with Gasteiger partial charge in [-0.25, -0.2) is 0 Å². The number of halogens is 1. The number of benzene rings is 6. The lowest BCUT2D eigenvalue weighted by Gasteiger charge is -2.35. The zero-order valence-electron chi connectivity index (χ0n) is 27.7. The Bertz CT molecular complexity index is 1760. The van der Waals surface area contributed by atoms with Crippen LogP contribution in [0.4, 0.5) is 5.69 Å². The third kappa shape index (κ3) is 9.19. The molecule has 1 aliphatic heterocycles. The number of nitrogens with one attached hydrogen (secondary N) is 1. The van der Waals surface area contributed by atoms with Crippen molar-refractivity contribution in [1.29, 1.82) is 5.41 Å². The average molecular weight is 695 g/mol. The monoisotopic (exact) mass is 693 g/mol. The van der Waals surface area contributed by atoms with Crippen molar-refractivity contribution in [3.63, 3.8) is 0 Å². The fourth-order valence-corrected chi connectivity index (χ4v) is 6.60. The van der Waals surface area contributed by atoms with Crippen LogP contribution in [0.1, 0.15) is 53.3 Å². The number of anilines is 1. The molecule has 1 aliphatic rings. The maximum Gasteiger partial charge on any atom is 0.0799 e. The van der Waals surface area contributed by atoms with E-state index in [1.807, 2.05) is 85.8 Å². The van der Waals surface area contributed by atoms with Crippen LogP contribution >= 0.6 is 15.9 Å². The van der Waals surface area contributed by atoms with E-state index in [1.165, 1.54) is 27.9 Å². The van der Waals surface area contributed by atoms with Gasteiger partial charge in [0, 0.05) is 22.2 Å². The van der Waals surface area contributed by atoms with E-state index in [0.717, 1.165) is 28.4 Å². The Hall–Kier alpha value is -4.77. The molecule has 0 saturated carbocycles. The quantitative estimate of drug-likeness (QED) is 0.164. The first kappa shape index (κ1) is 34.6. The highest BCUT2D eigenvalue weighted by Crippen LogP contribution is 2.41. The van der Waals surface area contributed by atoms with Crippen LogP contribution in [0, 0.1) is 5.41 Å². The lowest BCUT2D eigenvalue weighted by Crippen LogP contribution is -2.34. The van der Waals surface area contributed by atoms with Gasteiger partial charge in [-0.05, 0) is 72.2 Å². The fourth-order valence-electron chi connectivity index (χ4n) is 6.15. The molecule has 1 heterocycles. The summed E-state index contributed by atoms with van der Waals surface area (Å²) in [4.78, 5) is 2.58. The van der Waals surface area contributed by atoms with E-state index in [1.54, 1.807) is 0 Å². The van der Waals surface area contributed by atoms with Crippen molar-refractivity contribution in [3.05, 3.63) is 208 Å². The molecule has 0 saturated heterocycles. The molecule has 0 fully saturated rings. The predicted molar refractivity (Wildman–Crippen MR) is 207 cm³/mol. The van der Waals surface area contributed by atoms with Gasteiger partial charge in [0.2, 0.25) is 0 Å². The van der Waals surface area contributed by atoms with E-state index in [4.69, 9.17) is 11.1 Å². The first-order valence-electron chi connectivity index (χ1n) is 16.6. The van der Waals surface area contributed by atoms with Gasteiger partial charge in [0.25, 0.3) is 0 Å². The van der Waals surface area contributed by atoms with Gasteiger partial charge in [-0.15, -0.1) is 0 Å². The Morgan fingerprint density at radius 3 is 1.60 bits per heavy atom. The zero-order chi connectivity index (χ0) is 33.7. The van der Waals surface area contributed by atoms with Crippen molar-refractivity contribution in [3.8, 4) is 0 Å². The lowest BCUT2D eigenvalue weighted by atomic mass is 9.96. The Labute approximate surface area is 294 Å². The zero-order valence-corrected chi connectivity index (χ0v) is 29.3. The summed E-state index contributed by atoms with van der Waals surface area (Å²) in [6, 6.07) is 59.2. The summed E-state index contributed by atoms with van der Waals surface area (Å²) in [6.45, 7) is 4.35. The number of hydrogen-bond donors (Lipinski definition) is 2. The molecule has 3 N–H and O–H groups in total. The summed E-state index contributed by atoms with van der Waals surface area (Å²) in [5.74, 6) is 0. The normalized spacial score (nSPS) is 13.8. The molecule has 48 heavy (non-hydrogen) atoms. The lowest BCUT2D eigenvalue weighted by molar-refractivity contribution is 0.617. The second-order valence-electron chi connectivity index (χ2n) is 12.2. The molecule has 2 unspecified atom stereocenters. The molecule has 0 aromatic heterocycles. The summed E-state index contributed by atoms with van der Waals surface area (Å²) < 4.78 is 1.15. The fraction of sp³-hybridized carbons (Fsp3) is 0.159. The van der Waals surface area contributed by atoms with Gasteiger partial charge >= 0.3 is 0 Å². The van der Waals surface area contributed by atoms with Gasteiger partial charge in [0.1, 0.15) is 0 Å². The molecule has 0 spiro atoms. The second kappa shape index (κ2) is 17.4. The van der Waals surface area contributed by atoms with Gasteiger partial charge in [-0.2, -0.15) is 0 Å². The molecule has 2 atom stereocenters. The van der Waals surface area contributed by atoms with Crippen molar-refractivity contribution >= 4 is 27.3 Å². The summed E-state index contributed by atoms with van der Waals surface area (Å²) in [6.07, 6.45) is 2.05. The summed E-state index contributed by atoms with van der Waals surface area (Å²) in [5, 5.41) is 7.97. The second-order valence-corrected chi connectivity index (χ2v) is 13.0. The smallest absolute Gasteiger partial charge is 0.0799 e.